The molecular formula is C27H29ClN2O4S. The summed E-state index contributed by atoms with van der Waals surface area (Å²) in [4.78, 5) is 29.8. The average molecular weight is 513 g/mol. The Labute approximate surface area is 213 Å². The highest BCUT2D eigenvalue weighted by Crippen LogP contribution is 2.40. The van der Waals surface area contributed by atoms with Gasteiger partial charge in [-0.2, -0.15) is 0 Å². The van der Waals surface area contributed by atoms with Gasteiger partial charge in [-0.15, -0.1) is 11.3 Å². The highest BCUT2D eigenvalue weighted by atomic mass is 35.5. The van der Waals surface area contributed by atoms with Gasteiger partial charge in [0.25, 0.3) is 5.56 Å². The van der Waals surface area contributed by atoms with Gasteiger partial charge in [0.1, 0.15) is 10.3 Å². The number of benzene rings is 2. The van der Waals surface area contributed by atoms with Crippen molar-refractivity contribution in [3.05, 3.63) is 68.3 Å². The minimum absolute atomic E-state index is 0.155. The number of H-pyrrole nitrogens is 1. The molecule has 0 saturated carbocycles. The molecule has 8 heteroatoms. The number of nitrogens with one attached hydrogen (secondary N) is 1. The van der Waals surface area contributed by atoms with E-state index in [0.29, 0.717) is 20.8 Å². The lowest BCUT2D eigenvalue weighted by Gasteiger charge is -2.30. The van der Waals surface area contributed by atoms with Crippen LogP contribution in [0.15, 0.2) is 46.6 Å². The number of aliphatic hydroxyl groups excluding tert-OH is 1. The highest BCUT2D eigenvalue weighted by Gasteiger charge is 2.26. The number of amides is 1. The van der Waals surface area contributed by atoms with Crippen LogP contribution in [0, 0.1) is 0 Å². The van der Waals surface area contributed by atoms with Gasteiger partial charge in [-0.3, -0.25) is 4.79 Å². The molecule has 0 fully saturated rings. The maximum absolute atomic E-state index is 12.6. The van der Waals surface area contributed by atoms with E-state index in [-0.39, 0.29) is 24.3 Å². The number of carbonyl (C=O) groups is 1. The summed E-state index contributed by atoms with van der Waals surface area (Å²) in [6.07, 6.45) is 0.348. The number of fused-ring (bicyclic) bond motifs is 3. The Bertz CT molecular complexity index is 1450. The fraction of sp³-hybridized carbons (Fsp3) is 0.333. The first kappa shape index (κ1) is 25.2. The molecule has 0 spiro atoms. The van der Waals surface area contributed by atoms with Crippen molar-refractivity contribution in [3.8, 4) is 11.1 Å². The van der Waals surface area contributed by atoms with E-state index in [0.717, 1.165) is 33.9 Å². The van der Waals surface area contributed by atoms with Crippen LogP contribution in [0.2, 0.25) is 5.02 Å². The number of aromatic nitrogens is 1. The number of pyridine rings is 1. The molecule has 2 aromatic heterocycles. The summed E-state index contributed by atoms with van der Waals surface area (Å²) in [7, 11) is 1.75. The molecule has 0 bridgehead atoms. The van der Waals surface area contributed by atoms with Crippen LogP contribution < -0.4 is 5.56 Å². The van der Waals surface area contributed by atoms with Crippen LogP contribution in [-0.2, 0) is 11.3 Å². The Balaban J connectivity index is 1.82. The first-order valence-corrected chi connectivity index (χ1v) is 12.7. The summed E-state index contributed by atoms with van der Waals surface area (Å²) in [5, 5.41) is 14.0. The van der Waals surface area contributed by atoms with Gasteiger partial charge in [-0.25, -0.2) is 4.79 Å². The number of hydrogen-bond donors (Lipinski definition) is 2. The average Bonchev–Trinajstić information content (AvgIpc) is 3.30. The number of hydrogen-bond acceptors (Lipinski definition) is 5. The fourth-order valence-electron chi connectivity index (χ4n) is 4.47. The van der Waals surface area contributed by atoms with Crippen LogP contribution >= 0.6 is 22.9 Å². The largest absolute Gasteiger partial charge is 0.444 e. The van der Waals surface area contributed by atoms with Crippen molar-refractivity contribution in [1.29, 1.82) is 0 Å². The highest BCUT2D eigenvalue weighted by molar-refractivity contribution is 7.17. The van der Waals surface area contributed by atoms with Gasteiger partial charge < -0.3 is 19.7 Å². The van der Waals surface area contributed by atoms with Crippen molar-refractivity contribution in [2.24, 2.45) is 0 Å². The van der Waals surface area contributed by atoms with Crippen LogP contribution in [0.3, 0.4) is 0 Å². The summed E-state index contributed by atoms with van der Waals surface area (Å²) < 4.78 is 6.17. The van der Waals surface area contributed by atoms with E-state index in [9.17, 15) is 14.7 Å². The number of halogens is 1. The molecule has 1 amide bonds. The second-order valence-electron chi connectivity index (χ2n) is 9.56. The standard InChI is InChI=1S/C27H29ClN2O4S/c1-6-20(30(5)26(33)34-27(2,3)4)15-7-9-16(10-8-15)21-17(14-31)13-19(28)23-22(21)18-11-12-35-24(18)25(32)29-23/h7-13,20,31H,6,14H2,1-5H3,(H,29,32)/t20-/m0/s1. The topological polar surface area (TPSA) is 82.6 Å². The molecule has 35 heavy (non-hydrogen) atoms. The van der Waals surface area contributed by atoms with Gasteiger partial charge in [0.2, 0.25) is 0 Å². The third kappa shape index (κ3) is 4.81. The summed E-state index contributed by atoms with van der Waals surface area (Å²) in [5.74, 6) is 0. The molecule has 0 unspecified atom stereocenters. The lowest BCUT2D eigenvalue weighted by atomic mass is 9.92. The van der Waals surface area contributed by atoms with Crippen LogP contribution in [0.5, 0.6) is 0 Å². The molecule has 0 aliphatic heterocycles. The van der Waals surface area contributed by atoms with Gasteiger partial charge in [-0.1, -0.05) is 42.8 Å². The first-order valence-electron chi connectivity index (χ1n) is 11.5. The number of aromatic amines is 1. The van der Waals surface area contributed by atoms with E-state index in [4.69, 9.17) is 16.3 Å². The molecule has 184 valence electrons. The maximum Gasteiger partial charge on any atom is 0.410 e. The summed E-state index contributed by atoms with van der Waals surface area (Å²) in [6.45, 7) is 7.38. The SMILES string of the molecule is CC[C@@H](c1ccc(-c2c(CO)cc(Cl)c3[nH]c(=O)c4sccc4c23)cc1)N(C)C(=O)OC(C)(C)C. The minimum Gasteiger partial charge on any atom is -0.444 e. The molecule has 0 radical (unpaired) electrons. The lowest BCUT2D eigenvalue weighted by molar-refractivity contribution is 0.0215. The normalized spacial score (nSPS) is 12.8. The molecule has 2 aromatic carbocycles. The molecule has 0 aliphatic carbocycles. The number of carbonyl (C=O) groups excluding carboxylic acids is 1. The van der Waals surface area contributed by atoms with Gasteiger partial charge in [0.05, 0.1) is 23.2 Å². The molecule has 1 atom stereocenters. The van der Waals surface area contributed by atoms with E-state index in [2.05, 4.69) is 4.98 Å². The second kappa shape index (κ2) is 9.64. The van der Waals surface area contributed by atoms with Crippen molar-refractivity contribution < 1.29 is 14.6 Å². The smallest absolute Gasteiger partial charge is 0.410 e. The Morgan fingerprint density at radius 2 is 1.91 bits per heavy atom. The predicted molar refractivity (Wildman–Crippen MR) is 143 cm³/mol. The van der Waals surface area contributed by atoms with Crippen molar-refractivity contribution in [2.75, 3.05) is 7.05 Å². The zero-order valence-electron chi connectivity index (χ0n) is 20.4. The number of aliphatic hydroxyl groups is 1. The zero-order valence-corrected chi connectivity index (χ0v) is 22.0. The van der Waals surface area contributed by atoms with Crippen molar-refractivity contribution in [3.63, 3.8) is 0 Å². The lowest BCUT2D eigenvalue weighted by Crippen LogP contribution is -2.36. The number of thiophene rings is 1. The molecule has 2 N–H and O–H groups in total. The Kier molecular flexibility index (Phi) is 6.95. The molecule has 6 nitrogen and oxygen atoms in total. The quantitative estimate of drug-likeness (QED) is 0.305. The van der Waals surface area contributed by atoms with E-state index in [1.165, 1.54) is 11.3 Å². The molecule has 0 saturated heterocycles. The number of ether oxygens (including phenoxy) is 1. The summed E-state index contributed by atoms with van der Waals surface area (Å²) in [5.41, 5.74) is 3.15. The summed E-state index contributed by atoms with van der Waals surface area (Å²) >= 11 is 7.88. The van der Waals surface area contributed by atoms with E-state index >= 15 is 0 Å². The van der Waals surface area contributed by atoms with Gasteiger partial charge >= 0.3 is 6.09 Å². The Hall–Kier alpha value is -2.87. The van der Waals surface area contributed by atoms with E-state index in [1.807, 2.05) is 63.4 Å². The van der Waals surface area contributed by atoms with Crippen molar-refractivity contribution >= 4 is 50.0 Å². The van der Waals surface area contributed by atoms with E-state index < -0.39 is 5.60 Å². The monoisotopic (exact) mass is 512 g/mol. The third-order valence-electron chi connectivity index (χ3n) is 6.03. The summed E-state index contributed by atoms with van der Waals surface area (Å²) in [6, 6.07) is 11.4. The first-order chi connectivity index (χ1) is 16.6. The Morgan fingerprint density at radius 1 is 1.23 bits per heavy atom. The molecular weight excluding hydrogens is 484 g/mol. The molecule has 4 aromatic rings. The van der Waals surface area contributed by atoms with Gasteiger partial charge in [0.15, 0.2) is 0 Å². The van der Waals surface area contributed by atoms with Crippen LogP contribution in [0.4, 0.5) is 4.79 Å². The predicted octanol–water partition coefficient (Wildman–Crippen LogP) is 6.87. The molecule has 4 rings (SSSR count). The second-order valence-corrected chi connectivity index (χ2v) is 10.9. The maximum atomic E-state index is 12.6. The Morgan fingerprint density at radius 3 is 2.51 bits per heavy atom. The third-order valence-corrected chi connectivity index (χ3v) is 7.24. The fourth-order valence-corrected chi connectivity index (χ4v) is 5.54. The van der Waals surface area contributed by atoms with Crippen molar-refractivity contribution in [2.45, 2.75) is 52.4 Å². The van der Waals surface area contributed by atoms with Gasteiger partial charge in [0, 0.05) is 17.8 Å². The van der Waals surface area contributed by atoms with Crippen LogP contribution in [-0.4, -0.2) is 33.7 Å². The van der Waals surface area contributed by atoms with Crippen molar-refractivity contribution in [1.82, 2.24) is 9.88 Å². The molecule has 2 heterocycles. The number of rotatable bonds is 5. The molecule has 0 aliphatic rings. The minimum atomic E-state index is -0.572. The van der Waals surface area contributed by atoms with Crippen LogP contribution in [0.1, 0.15) is 51.3 Å². The van der Waals surface area contributed by atoms with Gasteiger partial charge in [-0.05, 0) is 67.0 Å². The zero-order chi connectivity index (χ0) is 25.5. The van der Waals surface area contributed by atoms with E-state index in [1.54, 1.807) is 18.0 Å². The number of nitrogens with zero attached hydrogens (tertiary/aromatic N) is 1. The van der Waals surface area contributed by atoms with Crippen LogP contribution in [0.25, 0.3) is 32.1 Å².